The van der Waals surface area contributed by atoms with Crippen LogP contribution in [0.25, 0.3) is 0 Å². The standard InChI is InChI=1S/C15H22BrClN2S/c1-15(2)10-19(7-8-20-15)6-5-14(18)12-4-3-11(16)9-13(12)17/h3-4,9,14H,5-8,10,18H2,1-2H3. The highest BCUT2D eigenvalue weighted by Gasteiger charge is 2.27. The number of hydrogen-bond donors (Lipinski definition) is 1. The molecule has 2 nitrogen and oxygen atoms in total. The molecular weight excluding hydrogens is 356 g/mol. The minimum atomic E-state index is 0.00768. The Bertz CT molecular complexity index is 467. The number of halogens is 2. The van der Waals surface area contributed by atoms with Crippen molar-refractivity contribution in [3.63, 3.8) is 0 Å². The van der Waals surface area contributed by atoms with Crippen LogP contribution in [0.4, 0.5) is 0 Å². The van der Waals surface area contributed by atoms with E-state index in [9.17, 15) is 0 Å². The van der Waals surface area contributed by atoms with Crippen molar-refractivity contribution in [2.45, 2.75) is 31.1 Å². The van der Waals surface area contributed by atoms with Crippen LogP contribution in [0.5, 0.6) is 0 Å². The van der Waals surface area contributed by atoms with Gasteiger partial charge in [-0.3, -0.25) is 0 Å². The lowest BCUT2D eigenvalue weighted by atomic mass is 10.0. The molecule has 20 heavy (non-hydrogen) atoms. The first kappa shape index (κ1) is 16.6. The molecule has 1 aromatic rings. The molecule has 1 fully saturated rings. The van der Waals surface area contributed by atoms with Gasteiger partial charge in [-0.25, -0.2) is 0 Å². The molecular formula is C15H22BrClN2S. The van der Waals surface area contributed by atoms with E-state index in [2.05, 4.69) is 46.4 Å². The van der Waals surface area contributed by atoms with Crippen LogP contribution in [0.2, 0.25) is 5.02 Å². The Hall–Kier alpha value is 0.260. The highest BCUT2D eigenvalue weighted by molar-refractivity contribution is 9.10. The second kappa shape index (κ2) is 7.01. The molecule has 5 heteroatoms. The van der Waals surface area contributed by atoms with Crippen molar-refractivity contribution in [1.29, 1.82) is 0 Å². The minimum absolute atomic E-state index is 0.00768. The van der Waals surface area contributed by atoms with Crippen molar-refractivity contribution in [3.05, 3.63) is 33.3 Å². The monoisotopic (exact) mass is 376 g/mol. The minimum Gasteiger partial charge on any atom is -0.324 e. The Kier molecular flexibility index (Phi) is 5.83. The number of nitrogens with zero attached hydrogens (tertiary/aromatic N) is 1. The van der Waals surface area contributed by atoms with Crippen molar-refractivity contribution < 1.29 is 0 Å². The molecule has 0 aromatic heterocycles. The summed E-state index contributed by atoms with van der Waals surface area (Å²) in [6.45, 7) is 7.97. The Balaban J connectivity index is 1.90. The third kappa shape index (κ3) is 4.63. The average Bonchev–Trinajstić information content (AvgIpc) is 2.35. The van der Waals surface area contributed by atoms with E-state index in [1.807, 2.05) is 18.2 Å². The second-order valence-corrected chi connectivity index (χ2v) is 9.07. The van der Waals surface area contributed by atoms with Crippen molar-refractivity contribution in [2.75, 3.05) is 25.4 Å². The van der Waals surface area contributed by atoms with Crippen LogP contribution in [0, 0.1) is 0 Å². The van der Waals surface area contributed by atoms with Crippen LogP contribution in [-0.4, -0.2) is 35.0 Å². The third-order valence-electron chi connectivity index (χ3n) is 3.62. The summed E-state index contributed by atoms with van der Waals surface area (Å²) >= 11 is 11.7. The zero-order valence-electron chi connectivity index (χ0n) is 12.0. The first-order valence-corrected chi connectivity index (χ1v) is 9.10. The average molecular weight is 378 g/mol. The lowest BCUT2D eigenvalue weighted by molar-refractivity contribution is 0.251. The number of nitrogens with two attached hydrogens (primary N) is 1. The normalized spacial score (nSPS) is 20.9. The van der Waals surface area contributed by atoms with Gasteiger partial charge >= 0.3 is 0 Å². The van der Waals surface area contributed by atoms with Crippen molar-refractivity contribution in [1.82, 2.24) is 4.90 Å². The molecule has 2 rings (SSSR count). The molecule has 0 saturated carbocycles. The van der Waals surface area contributed by atoms with Gasteiger partial charge in [0.25, 0.3) is 0 Å². The predicted molar refractivity (Wildman–Crippen MR) is 93.7 cm³/mol. The SMILES string of the molecule is CC1(C)CN(CCC(N)c2ccc(Br)cc2Cl)CCS1. The molecule has 1 aliphatic heterocycles. The molecule has 1 atom stereocenters. The van der Waals surface area contributed by atoms with E-state index < -0.39 is 0 Å². The first-order chi connectivity index (χ1) is 9.37. The van der Waals surface area contributed by atoms with Gasteiger partial charge in [-0.05, 0) is 38.0 Å². The molecule has 2 N–H and O–H groups in total. The number of thioether (sulfide) groups is 1. The topological polar surface area (TPSA) is 29.3 Å². The van der Waals surface area contributed by atoms with Crippen molar-refractivity contribution in [3.8, 4) is 0 Å². The zero-order valence-corrected chi connectivity index (χ0v) is 15.2. The van der Waals surface area contributed by atoms with E-state index >= 15 is 0 Å². The predicted octanol–water partition coefficient (Wildman–Crippen LogP) is 4.32. The summed E-state index contributed by atoms with van der Waals surface area (Å²) in [5.74, 6) is 1.21. The summed E-state index contributed by atoms with van der Waals surface area (Å²) in [7, 11) is 0. The largest absolute Gasteiger partial charge is 0.324 e. The van der Waals surface area contributed by atoms with E-state index in [4.69, 9.17) is 17.3 Å². The van der Waals surface area contributed by atoms with Gasteiger partial charge in [0.05, 0.1) is 0 Å². The van der Waals surface area contributed by atoms with Crippen LogP contribution < -0.4 is 5.73 Å². The van der Waals surface area contributed by atoms with Gasteiger partial charge in [0.15, 0.2) is 0 Å². The van der Waals surface area contributed by atoms with Gasteiger partial charge < -0.3 is 10.6 Å². The maximum atomic E-state index is 6.30. The number of hydrogen-bond acceptors (Lipinski definition) is 3. The molecule has 0 spiro atoms. The molecule has 1 heterocycles. The summed E-state index contributed by atoms with van der Waals surface area (Å²) in [6, 6.07) is 5.94. The molecule has 1 aromatic carbocycles. The van der Waals surface area contributed by atoms with E-state index in [-0.39, 0.29) is 6.04 Å². The molecule has 0 bridgehead atoms. The fraction of sp³-hybridized carbons (Fsp3) is 0.600. The summed E-state index contributed by atoms with van der Waals surface area (Å²) in [4.78, 5) is 2.52. The molecule has 0 radical (unpaired) electrons. The number of benzene rings is 1. The van der Waals surface area contributed by atoms with Crippen molar-refractivity contribution in [2.24, 2.45) is 5.73 Å². The van der Waals surface area contributed by atoms with Crippen LogP contribution in [0.3, 0.4) is 0 Å². The fourth-order valence-electron chi connectivity index (χ4n) is 2.58. The summed E-state index contributed by atoms with van der Waals surface area (Å²) in [5.41, 5.74) is 7.34. The van der Waals surface area contributed by atoms with Gasteiger partial charge in [-0.15, -0.1) is 0 Å². The molecule has 1 unspecified atom stereocenters. The van der Waals surface area contributed by atoms with Gasteiger partial charge in [-0.1, -0.05) is 33.6 Å². The first-order valence-electron chi connectivity index (χ1n) is 6.94. The lowest BCUT2D eigenvalue weighted by Crippen LogP contribution is -2.43. The van der Waals surface area contributed by atoms with E-state index in [0.717, 1.165) is 41.1 Å². The molecule has 0 aliphatic carbocycles. The number of rotatable bonds is 4. The molecule has 1 saturated heterocycles. The van der Waals surface area contributed by atoms with Gasteiger partial charge in [-0.2, -0.15) is 11.8 Å². The Morgan fingerprint density at radius 2 is 2.25 bits per heavy atom. The highest BCUT2D eigenvalue weighted by atomic mass is 79.9. The van der Waals surface area contributed by atoms with E-state index in [1.54, 1.807) is 0 Å². The smallest absolute Gasteiger partial charge is 0.0464 e. The van der Waals surface area contributed by atoms with Crippen LogP contribution in [0.15, 0.2) is 22.7 Å². The second-order valence-electron chi connectivity index (χ2n) is 5.95. The summed E-state index contributed by atoms with van der Waals surface area (Å²) in [6.07, 6.45) is 0.947. The highest BCUT2D eigenvalue weighted by Crippen LogP contribution is 2.31. The Labute approximate surface area is 139 Å². The van der Waals surface area contributed by atoms with Crippen LogP contribution in [0.1, 0.15) is 31.9 Å². The lowest BCUT2D eigenvalue weighted by Gasteiger charge is -2.38. The third-order valence-corrected chi connectivity index (χ3v) is 5.74. The molecule has 1 aliphatic rings. The Morgan fingerprint density at radius 3 is 2.90 bits per heavy atom. The summed E-state index contributed by atoms with van der Waals surface area (Å²) < 4.78 is 1.35. The van der Waals surface area contributed by atoms with Crippen LogP contribution >= 0.6 is 39.3 Å². The fourth-order valence-corrected chi connectivity index (χ4v) is 4.57. The van der Waals surface area contributed by atoms with Gasteiger partial charge in [0.2, 0.25) is 0 Å². The zero-order chi connectivity index (χ0) is 14.8. The van der Waals surface area contributed by atoms with E-state index in [0.29, 0.717) is 4.75 Å². The van der Waals surface area contributed by atoms with E-state index in [1.165, 1.54) is 5.75 Å². The summed E-state index contributed by atoms with van der Waals surface area (Å²) in [5, 5.41) is 0.751. The molecule has 112 valence electrons. The molecule has 0 amide bonds. The maximum absolute atomic E-state index is 6.30. The quantitative estimate of drug-likeness (QED) is 0.847. The van der Waals surface area contributed by atoms with Crippen molar-refractivity contribution >= 4 is 39.3 Å². The van der Waals surface area contributed by atoms with Gasteiger partial charge in [0.1, 0.15) is 0 Å². The maximum Gasteiger partial charge on any atom is 0.0464 e. The van der Waals surface area contributed by atoms with Gasteiger partial charge in [0, 0.05) is 45.7 Å². The Morgan fingerprint density at radius 1 is 1.50 bits per heavy atom. The van der Waals surface area contributed by atoms with Crippen LogP contribution in [-0.2, 0) is 0 Å².